The van der Waals surface area contributed by atoms with E-state index in [-0.39, 0.29) is 5.41 Å². The Balaban J connectivity index is 1.64. The molecule has 1 heterocycles. The fourth-order valence-corrected chi connectivity index (χ4v) is 3.62. The van der Waals surface area contributed by atoms with Crippen LogP contribution in [0.1, 0.15) is 32.8 Å². The first-order valence-electron chi connectivity index (χ1n) is 10.5. The van der Waals surface area contributed by atoms with E-state index in [9.17, 15) is 0 Å². The number of nitrogens with zero attached hydrogens (tertiary/aromatic N) is 2. The van der Waals surface area contributed by atoms with Gasteiger partial charge in [-0.3, -0.25) is 0 Å². The summed E-state index contributed by atoms with van der Waals surface area (Å²) in [6.45, 7) is 8.36. The van der Waals surface area contributed by atoms with Crippen molar-refractivity contribution < 1.29 is 9.15 Å². The number of fused-ring (bicyclic) bond motifs is 2. The Kier molecular flexibility index (Phi) is 5.52. The molecular formula is C26H30N2O2. The first-order chi connectivity index (χ1) is 14.3. The largest absolute Gasteiger partial charge is 0.494 e. The van der Waals surface area contributed by atoms with Crippen LogP contribution in [0.2, 0.25) is 0 Å². The smallest absolute Gasteiger partial charge is 0.227 e. The van der Waals surface area contributed by atoms with Gasteiger partial charge in [-0.2, -0.15) is 0 Å². The first-order valence-corrected chi connectivity index (χ1v) is 10.5. The molecule has 0 N–H and O–H groups in total. The van der Waals surface area contributed by atoms with Crippen LogP contribution in [-0.2, 0) is 5.41 Å². The van der Waals surface area contributed by atoms with Gasteiger partial charge < -0.3 is 14.1 Å². The lowest BCUT2D eigenvalue weighted by Gasteiger charge is -2.18. The molecule has 0 bridgehead atoms. The molecule has 4 heteroatoms. The van der Waals surface area contributed by atoms with E-state index in [2.05, 4.69) is 76.2 Å². The highest BCUT2D eigenvalue weighted by Gasteiger charge is 2.17. The summed E-state index contributed by atoms with van der Waals surface area (Å²) in [5.41, 5.74) is 4.05. The van der Waals surface area contributed by atoms with Crippen molar-refractivity contribution in [3.05, 3.63) is 60.2 Å². The molecule has 0 aliphatic rings. The third-order valence-corrected chi connectivity index (χ3v) is 5.35. The fourth-order valence-electron chi connectivity index (χ4n) is 3.62. The Bertz CT molecular complexity index is 1170. The zero-order valence-electron chi connectivity index (χ0n) is 18.5. The van der Waals surface area contributed by atoms with Crippen LogP contribution in [0.5, 0.6) is 5.75 Å². The van der Waals surface area contributed by atoms with Crippen molar-refractivity contribution in [1.29, 1.82) is 0 Å². The van der Waals surface area contributed by atoms with Crippen LogP contribution in [0.25, 0.3) is 33.3 Å². The second-order valence-electron chi connectivity index (χ2n) is 9.15. The van der Waals surface area contributed by atoms with Crippen molar-refractivity contribution in [1.82, 2.24) is 9.88 Å². The average Bonchev–Trinajstić information content (AvgIpc) is 3.13. The Morgan fingerprint density at radius 3 is 2.60 bits per heavy atom. The molecule has 0 saturated carbocycles. The molecule has 3 aromatic carbocycles. The molecule has 0 atom stereocenters. The molecular weight excluding hydrogens is 372 g/mol. The molecule has 0 unspecified atom stereocenters. The van der Waals surface area contributed by atoms with E-state index in [1.807, 2.05) is 18.2 Å². The van der Waals surface area contributed by atoms with Crippen LogP contribution < -0.4 is 4.74 Å². The van der Waals surface area contributed by atoms with Crippen molar-refractivity contribution in [3.8, 4) is 17.2 Å². The molecule has 4 aromatic rings. The van der Waals surface area contributed by atoms with Gasteiger partial charge in [0.2, 0.25) is 5.89 Å². The Morgan fingerprint density at radius 2 is 1.83 bits per heavy atom. The van der Waals surface area contributed by atoms with Crippen molar-refractivity contribution in [3.63, 3.8) is 0 Å². The summed E-state index contributed by atoms with van der Waals surface area (Å²) < 4.78 is 12.1. The third-order valence-electron chi connectivity index (χ3n) is 5.35. The Morgan fingerprint density at radius 1 is 1.00 bits per heavy atom. The van der Waals surface area contributed by atoms with Crippen molar-refractivity contribution in [2.75, 3.05) is 27.2 Å². The van der Waals surface area contributed by atoms with Gasteiger partial charge in [-0.15, -0.1) is 0 Å². The molecule has 0 spiro atoms. The van der Waals surface area contributed by atoms with Gasteiger partial charge in [0.05, 0.1) is 6.61 Å². The highest BCUT2D eigenvalue weighted by atomic mass is 16.5. The van der Waals surface area contributed by atoms with Gasteiger partial charge in [-0.25, -0.2) is 4.98 Å². The van der Waals surface area contributed by atoms with E-state index in [0.29, 0.717) is 12.5 Å². The summed E-state index contributed by atoms with van der Waals surface area (Å²) in [5.74, 6) is 1.55. The first kappa shape index (κ1) is 20.4. The molecule has 30 heavy (non-hydrogen) atoms. The SMILES string of the molecule is CN(C)CCCOc1ccc2c(-c3nc4cc(C(C)(C)C)ccc4o3)cccc2c1. The Hall–Kier alpha value is -2.85. The number of hydrogen-bond donors (Lipinski definition) is 0. The van der Waals surface area contributed by atoms with Crippen LogP contribution in [0.15, 0.2) is 59.0 Å². The topological polar surface area (TPSA) is 38.5 Å². The zero-order chi connectivity index (χ0) is 21.3. The van der Waals surface area contributed by atoms with Crippen LogP contribution in [0.4, 0.5) is 0 Å². The zero-order valence-corrected chi connectivity index (χ0v) is 18.5. The maximum Gasteiger partial charge on any atom is 0.227 e. The van der Waals surface area contributed by atoms with Crippen LogP contribution >= 0.6 is 0 Å². The van der Waals surface area contributed by atoms with Gasteiger partial charge in [0.25, 0.3) is 0 Å². The third kappa shape index (κ3) is 4.34. The van der Waals surface area contributed by atoms with Gasteiger partial charge in [0.1, 0.15) is 11.3 Å². The lowest BCUT2D eigenvalue weighted by molar-refractivity contribution is 0.282. The van der Waals surface area contributed by atoms with Gasteiger partial charge >= 0.3 is 0 Å². The molecule has 4 nitrogen and oxygen atoms in total. The highest BCUT2D eigenvalue weighted by Crippen LogP contribution is 2.33. The molecule has 0 saturated heterocycles. The maximum atomic E-state index is 6.11. The van der Waals surface area contributed by atoms with E-state index in [1.54, 1.807) is 0 Å². The molecule has 4 rings (SSSR count). The minimum atomic E-state index is 0.0791. The summed E-state index contributed by atoms with van der Waals surface area (Å²) in [6.07, 6.45) is 1.00. The summed E-state index contributed by atoms with van der Waals surface area (Å²) in [7, 11) is 4.15. The lowest BCUT2D eigenvalue weighted by Crippen LogP contribution is -2.15. The van der Waals surface area contributed by atoms with Gasteiger partial charge in [-0.1, -0.05) is 39.0 Å². The fraction of sp³-hybridized carbons (Fsp3) is 0.346. The Labute approximate surface area is 178 Å². The minimum Gasteiger partial charge on any atom is -0.494 e. The second-order valence-corrected chi connectivity index (χ2v) is 9.15. The summed E-state index contributed by atoms with van der Waals surface area (Å²) in [6, 6.07) is 18.7. The molecule has 0 radical (unpaired) electrons. The van der Waals surface area contributed by atoms with Crippen LogP contribution in [0.3, 0.4) is 0 Å². The number of rotatable bonds is 6. The molecule has 0 aliphatic heterocycles. The summed E-state index contributed by atoms with van der Waals surface area (Å²) in [4.78, 5) is 6.97. The van der Waals surface area contributed by atoms with Crippen molar-refractivity contribution >= 4 is 21.9 Å². The lowest BCUT2D eigenvalue weighted by atomic mass is 9.87. The number of aromatic nitrogens is 1. The van der Waals surface area contributed by atoms with Gasteiger partial charge in [0, 0.05) is 12.1 Å². The van der Waals surface area contributed by atoms with E-state index < -0.39 is 0 Å². The summed E-state index contributed by atoms with van der Waals surface area (Å²) in [5, 5.41) is 2.23. The van der Waals surface area contributed by atoms with Crippen molar-refractivity contribution in [2.45, 2.75) is 32.6 Å². The second kappa shape index (κ2) is 8.11. The highest BCUT2D eigenvalue weighted by molar-refractivity contribution is 5.96. The van der Waals surface area contributed by atoms with Crippen LogP contribution in [0, 0.1) is 0 Å². The number of ether oxygens (including phenoxy) is 1. The molecule has 0 aliphatic carbocycles. The standard InChI is InChI=1S/C26H30N2O2/c1-26(2,3)19-10-13-24-23(17-19)27-25(30-24)22-9-6-8-18-16-20(11-12-21(18)22)29-15-7-14-28(4)5/h6,8-13,16-17H,7,14-15H2,1-5H3. The van der Waals surface area contributed by atoms with E-state index in [0.717, 1.165) is 46.2 Å². The average molecular weight is 403 g/mol. The van der Waals surface area contributed by atoms with E-state index in [4.69, 9.17) is 14.1 Å². The number of hydrogen-bond acceptors (Lipinski definition) is 4. The normalized spacial score (nSPS) is 12.2. The van der Waals surface area contributed by atoms with Gasteiger partial charge in [-0.05, 0) is 78.7 Å². The van der Waals surface area contributed by atoms with E-state index >= 15 is 0 Å². The summed E-state index contributed by atoms with van der Waals surface area (Å²) >= 11 is 0. The quantitative estimate of drug-likeness (QED) is 0.356. The minimum absolute atomic E-state index is 0.0791. The predicted molar refractivity (Wildman–Crippen MR) is 124 cm³/mol. The molecule has 156 valence electrons. The van der Waals surface area contributed by atoms with Crippen LogP contribution in [-0.4, -0.2) is 37.1 Å². The molecule has 1 aromatic heterocycles. The van der Waals surface area contributed by atoms with E-state index in [1.165, 1.54) is 5.56 Å². The molecule has 0 fully saturated rings. The number of oxazole rings is 1. The molecule has 0 amide bonds. The maximum absolute atomic E-state index is 6.11. The predicted octanol–water partition coefficient (Wildman–Crippen LogP) is 6.28. The number of benzene rings is 3. The van der Waals surface area contributed by atoms with Gasteiger partial charge in [0.15, 0.2) is 5.58 Å². The van der Waals surface area contributed by atoms with Crippen molar-refractivity contribution in [2.24, 2.45) is 0 Å². The monoisotopic (exact) mass is 402 g/mol.